The van der Waals surface area contributed by atoms with Gasteiger partial charge in [0.2, 0.25) is 0 Å². The molecule has 4 aromatic carbocycles. The first kappa shape index (κ1) is 24.1. The Hall–Kier alpha value is -4.62. The second-order valence-corrected chi connectivity index (χ2v) is 8.68. The molecule has 8 heteroatoms. The number of hydrogen-bond donors (Lipinski definition) is 1. The lowest BCUT2D eigenvalue weighted by Crippen LogP contribution is -2.54. The summed E-state index contributed by atoms with van der Waals surface area (Å²) in [5, 5.41) is 4.74. The molecular weight excluding hydrogens is 492 g/mol. The molecule has 0 aliphatic carbocycles. The van der Waals surface area contributed by atoms with Crippen molar-refractivity contribution in [1.82, 2.24) is 5.32 Å². The Kier molecular flexibility index (Phi) is 6.62. The number of fused-ring (bicyclic) bond motifs is 1. The summed E-state index contributed by atoms with van der Waals surface area (Å²) >= 11 is 6.46. The molecule has 37 heavy (non-hydrogen) atoms. The third-order valence-corrected chi connectivity index (χ3v) is 6.26. The molecule has 1 fully saturated rings. The predicted molar refractivity (Wildman–Crippen MR) is 142 cm³/mol. The zero-order chi connectivity index (χ0) is 25.9. The van der Waals surface area contributed by atoms with Crippen molar-refractivity contribution in [3.8, 4) is 11.5 Å². The number of imide groups is 2. The van der Waals surface area contributed by atoms with Crippen LogP contribution in [0.5, 0.6) is 11.5 Å². The van der Waals surface area contributed by atoms with E-state index in [1.54, 1.807) is 42.5 Å². The van der Waals surface area contributed by atoms with Gasteiger partial charge in [0.05, 0.1) is 17.8 Å². The van der Waals surface area contributed by atoms with E-state index < -0.39 is 17.8 Å². The normalized spacial score (nSPS) is 14.7. The zero-order valence-corrected chi connectivity index (χ0v) is 20.5. The molecule has 1 aliphatic rings. The number of amides is 4. The van der Waals surface area contributed by atoms with Crippen molar-refractivity contribution < 1.29 is 23.9 Å². The number of urea groups is 1. The Balaban J connectivity index is 1.37. The van der Waals surface area contributed by atoms with E-state index in [-0.39, 0.29) is 5.57 Å². The van der Waals surface area contributed by atoms with Crippen molar-refractivity contribution in [2.75, 3.05) is 12.0 Å². The van der Waals surface area contributed by atoms with Gasteiger partial charge >= 0.3 is 6.03 Å². The summed E-state index contributed by atoms with van der Waals surface area (Å²) in [6.45, 7) is 0.321. The van der Waals surface area contributed by atoms with Crippen LogP contribution < -0.4 is 19.7 Å². The molecule has 1 saturated heterocycles. The molecule has 5 rings (SSSR count). The average molecular weight is 513 g/mol. The van der Waals surface area contributed by atoms with E-state index in [1.807, 2.05) is 42.5 Å². The van der Waals surface area contributed by atoms with Gasteiger partial charge in [-0.25, -0.2) is 9.69 Å². The predicted octanol–water partition coefficient (Wildman–Crippen LogP) is 5.75. The van der Waals surface area contributed by atoms with Crippen LogP contribution in [0.15, 0.2) is 90.5 Å². The van der Waals surface area contributed by atoms with Crippen molar-refractivity contribution in [3.63, 3.8) is 0 Å². The van der Waals surface area contributed by atoms with Crippen LogP contribution in [0.1, 0.15) is 11.1 Å². The van der Waals surface area contributed by atoms with E-state index in [2.05, 4.69) is 5.32 Å². The minimum Gasteiger partial charge on any atom is -0.497 e. The molecule has 0 atom stereocenters. The van der Waals surface area contributed by atoms with Crippen LogP contribution in [0.2, 0.25) is 5.02 Å². The van der Waals surface area contributed by atoms with E-state index >= 15 is 0 Å². The Bertz CT molecular complexity index is 1560. The molecule has 1 heterocycles. The molecule has 0 bridgehead atoms. The average Bonchev–Trinajstić information content (AvgIpc) is 2.91. The number of benzene rings is 4. The summed E-state index contributed by atoms with van der Waals surface area (Å²) < 4.78 is 11.1. The number of barbiturate groups is 1. The van der Waals surface area contributed by atoms with Gasteiger partial charge in [0.1, 0.15) is 23.7 Å². The highest BCUT2D eigenvalue weighted by Crippen LogP contribution is 2.30. The van der Waals surface area contributed by atoms with Crippen molar-refractivity contribution in [2.24, 2.45) is 0 Å². The van der Waals surface area contributed by atoms with Gasteiger partial charge in [0.25, 0.3) is 11.8 Å². The van der Waals surface area contributed by atoms with Crippen molar-refractivity contribution in [1.29, 1.82) is 0 Å². The third kappa shape index (κ3) is 4.90. The quantitative estimate of drug-likeness (QED) is 0.263. The van der Waals surface area contributed by atoms with E-state index in [4.69, 9.17) is 21.1 Å². The summed E-state index contributed by atoms with van der Waals surface area (Å²) in [5.74, 6) is -0.498. The molecule has 7 nitrogen and oxygen atoms in total. The molecule has 0 aromatic heterocycles. The van der Waals surface area contributed by atoms with Gasteiger partial charge in [-0.1, -0.05) is 60.1 Å². The number of carbonyl (C=O) groups is 3. The number of nitrogens with zero attached hydrogens (tertiary/aromatic N) is 1. The molecule has 4 aromatic rings. The maximum Gasteiger partial charge on any atom is 0.335 e. The Morgan fingerprint density at radius 1 is 0.919 bits per heavy atom. The monoisotopic (exact) mass is 512 g/mol. The van der Waals surface area contributed by atoms with E-state index in [1.165, 1.54) is 13.2 Å². The number of anilines is 1. The van der Waals surface area contributed by atoms with Gasteiger partial charge < -0.3 is 9.47 Å². The lowest BCUT2D eigenvalue weighted by molar-refractivity contribution is -0.122. The van der Waals surface area contributed by atoms with Crippen LogP contribution in [0.4, 0.5) is 10.5 Å². The minimum absolute atomic E-state index is 0.198. The van der Waals surface area contributed by atoms with Crippen LogP contribution in [0.3, 0.4) is 0 Å². The van der Waals surface area contributed by atoms with Crippen LogP contribution in [-0.4, -0.2) is 25.0 Å². The molecule has 0 spiro atoms. The fourth-order valence-corrected chi connectivity index (χ4v) is 4.33. The number of nitrogens with one attached hydrogen (secondary N) is 1. The van der Waals surface area contributed by atoms with Crippen LogP contribution in [-0.2, 0) is 16.2 Å². The Labute approximate surface area is 217 Å². The lowest BCUT2D eigenvalue weighted by Gasteiger charge is -2.26. The van der Waals surface area contributed by atoms with Crippen molar-refractivity contribution in [2.45, 2.75) is 6.61 Å². The largest absolute Gasteiger partial charge is 0.497 e. The van der Waals surface area contributed by atoms with E-state index in [0.717, 1.165) is 21.2 Å². The second kappa shape index (κ2) is 10.2. The first-order chi connectivity index (χ1) is 17.9. The molecule has 1 aliphatic heterocycles. The van der Waals surface area contributed by atoms with Gasteiger partial charge in [-0.05, 0) is 64.4 Å². The van der Waals surface area contributed by atoms with Crippen molar-refractivity contribution >= 4 is 52.0 Å². The highest BCUT2D eigenvalue weighted by molar-refractivity contribution is 6.39. The van der Waals surface area contributed by atoms with Crippen LogP contribution in [0, 0.1) is 0 Å². The molecule has 0 radical (unpaired) electrons. The fourth-order valence-electron chi connectivity index (χ4n) is 4.09. The Morgan fingerprint density at radius 2 is 1.68 bits per heavy atom. The number of rotatable bonds is 6. The van der Waals surface area contributed by atoms with Gasteiger partial charge in [-0.2, -0.15) is 0 Å². The molecule has 1 N–H and O–H groups in total. The maximum absolute atomic E-state index is 13.1. The van der Waals surface area contributed by atoms with Crippen molar-refractivity contribution in [3.05, 3.63) is 107 Å². The second-order valence-electron chi connectivity index (χ2n) is 8.27. The summed E-state index contributed by atoms with van der Waals surface area (Å²) in [5.41, 5.74) is 1.63. The van der Waals surface area contributed by atoms with E-state index in [9.17, 15) is 14.4 Å². The zero-order valence-electron chi connectivity index (χ0n) is 19.7. The van der Waals surface area contributed by atoms with Gasteiger partial charge in [0, 0.05) is 0 Å². The van der Waals surface area contributed by atoms with Gasteiger partial charge in [-0.15, -0.1) is 0 Å². The summed E-state index contributed by atoms with van der Waals surface area (Å²) in [7, 11) is 1.51. The third-order valence-electron chi connectivity index (χ3n) is 5.96. The molecule has 184 valence electrons. The first-order valence-corrected chi connectivity index (χ1v) is 11.8. The number of halogens is 1. The summed E-state index contributed by atoms with van der Waals surface area (Å²) in [6, 6.07) is 24.6. The maximum atomic E-state index is 13.1. The highest BCUT2D eigenvalue weighted by Gasteiger charge is 2.36. The number of methoxy groups -OCH3 is 1. The molecular formula is C29H21ClN2O5. The van der Waals surface area contributed by atoms with Gasteiger partial charge in [-0.3, -0.25) is 14.9 Å². The summed E-state index contributed by atoms with van der Waals surface area (Å²) in [6.07, 6.45) is 1.39. The number of ether oxygens (including phenoxy) is 2. The Morgan fingerprint density at radius 3 is 2.43 bits per heavy atom. The molecule has 0 unspecified atom stereocenters. The molecule has 4 amide bonds. The molecule has 0 saturated carbocycles. The smallest absolute Gasteiger partial charge is 0.335 e. The topological polar surface area (TPSA) is 84.9 Å². The standard InChI is InChI=1S/C29H21ClN2O5/c1-36-22-12-10-21(11-13-22)32-28(34)24(27(33)31-29(32)35)15-18-9-14-26(25(30)16-18)37-17-20-7-4-6-19-5-2-3-8-23(19)20/h2-16H,17H2,1H3,(H,31,33,35)/b24-15+. The minimum atomic E-state index is -0.826. The van der Waals surface area contributed by atoms with Crippen LogP contribution >= 0.6 is 11.6 Å². The van der Waals surface area contributed by atoms with Crippen LogP contribution in [0.25, 0.3) is 16.8 Å². The highest BCUT2D eigenvalue weighted by atomic mass is 35.5. The fraction of sp³-hybridized carbons (Fsp3) is 0.0690. The number of carbonyl (C=O) groups excluding carboxylic acids is 3. The number of hydrogen-bond acceptors (Lipinski definition) is 5. The first-order valence-electron chi connectivity index (χ1n) is 11.4. The SMILES string of the molecule is COc1ccc(N2C(=O)NC(=O)/C(=C\c3ccc(OCc4cccc5ccccc45)c(Cl)c3)C2=O)cc1. The lowest BCUT2D eigenvalue weighted by atomic mass is 10.1. The van der Waals surface area contributed by atoms with Gasteiger partial charge in [0.15, 0.2) is 0 Å². The summed E-state index contributed by atoms with van der Waals surface area (Å²) in [4.78, 5) is 38.9. The van der Waals surface area contributed by atoms with E-state index in [0.29, 0.717) is 34.4 Å².